The number of phenolic OH excluding ortho intramolecular Hbond substituents is 2. The first kappa shape index (κ1) is 14.9. The highest BCUT2D eigenvalue weighted by Crippen LogP contribution is 2.29. The van der Waals surface area contributed by atoms with Gasteiger partial charge in [0.25, 0.3) is 0 Å². The van der Waals surface area contributed by atoms with Crippen LogP contribution in [0, 0.1) is 0 Å². The third-order valence-electron chi connectivity index (χ3n) is 3.06. The molecule has 108 valence electrons. The Morgan fingerprint density at radius 2 is 1.19 bits per heavy atom. The van der Waals surface area contributed by atoms with Gasteiger partial charge in [0.15, 0.2) is 0 Å². The molecule has 0 aromatic heterocycles. The Morgan fingerprint density at radius 3 is 1.52 bits per heavy atom. The Labute approximate surface area is 123 Å². The average Bonchev–Trinajstić information content (AvgIpc) is 2.47. The van der Waals surface area contributed by atoms with Crippen molar-refractivity contribution in [2.24, 2.45) is 0 Å². The Kier molecular flexibility index (Phi) is 3.86. The molecule has 0 saturated carbocycles. The molecular weight excluding hydrogens is 288 g/mol. The molecule has 0 aliphatic carbocycles. The molecule has 2 aromatic carbocycles. The molecule has 0 heterocycles. The maximum Gasteiger partial charge on any atom is 0.206 e. The summed E-state index contributed by atoms with van der Waals surface area (Å²) in [5.74, 6) is -0.0807. The fourth-order valence-electron chi connectivity index (χ4n) is 1.86. The fraction of sp³-hybridized carbons (Fsp3) is 0. The van der Waals surface area contributed by atoms with E-state index in [0.717, 1.165) is 0 Å². The van der Waals surface area contributed by atoms with E-state index in [4.69, 9.17) is 0 Å². The molecule has 2 rings (SSSR count). The van der Waals surface area contributed by atoms with Gasteiger partial charge in [-0.2, -0.15) is 0 Å². The largest absolute Gasteiger partial charge is 0.507 e. The molecular formula is C16H14O4S. The van der Waals surface area contributed by atoms with Gasteiger partial charge in [-0.25, -0.2) is 8.42 Å². The zero-order chi connectivity index (χ0) is 15.6. The first-order chi connectivity index (χ1) is 9.90. The van der Waals surface area contributed by atoms with Gasteiger partial charge in [-0.1, -0.05) is 25.3 Å². The van der Waals surface area contributed by atoms with Crippen molar-refractivity contribution >= 4 is 22.0 Å². The molecule has 2 aromatic rings. The van der Waals surface area contributed by atoms with Crippen molar-refractivity contribution < 1.29 is 18.6 Å². The van der Waals surface area contributed by atoms with Crippen molar-refractivity contribution in [2.75, 3.05) is 0 Å². The van der Waals surface area contributed by atoms with E-state index in [1.807, 2.05) is 0 Å². The highest BCUT2D eigenvalue weighted by atomic mass is 32.2. The van der Waals surface area contributed by atoms with Crippen molar-refractivity contribution in [3.8, 4) is 11.5 Å². The van der Waals surface area contributed by atoms with E-state index in [1.54, 1.807) is 0 Å². The lowest BCUT2D eigenvalue weighted by atomic mass is 10.2. The van der Waals surface area contributed by atoms with Gasteiger partial charge in [-0.15, -0.1) is 0 Å². The number of sulfone groups is 1. The van der Waals surface area contributed by atoms with E-state index < -0.39 is 9.84 Å². The minimum Gasteiger partial charge on any atom is -0.507 e. The Balaban J connectivity index is 2.62. The monoisotopic (exact) mass is 302 g/mol. The maximum atomic E-state index is 12.6. The zero-order valence-electron chi connectivity index (χ0n) is 11.2. The normalized spacial score (nSPS) is 11.0. The smallest absolute Gasteiger partial charge is 0.206 e. The molecule has 0 spiro atoms. The van der Waals surface area contributed by atoms with E-state index in [0.29, 0.717) is 11.1 Å². The molecule has 0 aliphatic rings. The van der Waals surface area contributed by atoms with Gasteiger partial charge >= 0.3 is 0 Å². The molecule has 2 N–H and O–H groups in total. The lowest BCUT2D eigenvalue weighted by Gasteiger charge is -2.08. The number of phenols is 2. The van der Waals surface area contributed by atoms with E-state index in [1.165, 1.54) is 48.6 Å². The van der Waals surface area contributed by atoms with Crippen LogP contribution >= 0.6 is 0 Å². The van der Waals surface area contributed by atoms with Crippen LogP contribution in [0.5, 0.6) is 11.5 Å². The van der Waals surface area contributed by atoms with Gasteiger partial charge in [-0.3, -0.25) is 0 Å². The molecule has 0 bridgehead atoms. The Hall–Kier alpha value is -2.53. The van der Waals surface area contributed by atoms with Crippen LogP contribution in [-0.4, -0.2) is 18.6 Å². The van der Waals surface area contributed by atoms with Crippen LogP contribution in [0.25, 0.3) is 12.2 Å². The second-order valence-electron chi connectivity index (χ2n) is 4.35. The highest BCUT2D eigenvalue weighted by Gasteiger charge is 2.19. The van der Waals surface area contributed by atoms with Crippen LogP contribution < -0.4 is 0 Å². The molecule has 0 unspecified atom stereocenters. The molecule has 0 radical (unpaired) electrons. The third-order valence-corrected chi connectivity index (χ3v) is 4.81. The van der Waals surface area contributed by atoms with Crippen LogP contribution in [0.2, 0.25) is 0 Å². The molecule has 5 heteroatoms. The molecule has 0 saturated heterocycles. The number of rotatable bonds is 4. The maximum absolute atomic E-state index is 12.6. The van der Waals surface area contributed by atoms with Gasteiger partial charge in [0.2, 0.25) is 9.84 Å². The van der Waals surface area contributed by atoms with Gasteiger partial charge < -0.3 is 10.2 Å². The quantitative estimate of drug-likeness (QED) is 0.909. The van der Waals surface area contributed by atoms with E-state index >= 15 is 0 Å². The van der Waals surface area contributed by atoms with Crippen molar-refractivity contribution in [3.05, 3.63) is 60.7 Å². The second kappa shape index (κ2) is 5.46. The van der Waals surface area contributed by atoms with Crippen LogP contribution in [0.1, 0.15) is 11.1 Å². The molecule has 0 aliphatic heterocycles. The van der Waals surface area contributed by atoms with E-state index in [-0.39, 0.29) is 21.3 Å². The summed E-state index contributed by atoms with van der Waals surface area (Å²) < 4.78 is 25.1. The fourth-order valence-corrected chi connectivity index (χ4v) is 3.19. The predicted octanol–water partition coefficient (Wildman–Crippen LogP) is 3.22. The first-order valence-corrected chi connectivity index (χ1v) is 7.54. The second-order valence-corrected chi connectivity index (χ2v) is 6.30. The highest BCUT2D eigenvalue weighted by molar-refractivity contribution is 7.91. The van der Waals surface area contributed by atoms with Crippen LogP contribution in [0.3, 0.4) is 0 Å². The Bertz CT molecular complexity index is 757. The number of aromatic hydroxyl groups is 2. The van der Waals surface area contributed by atoms with Gasteiger partial charge in [0.05, 0.1) is 9.79 Å². The minimum absolute atomic E-state index is 0.0379. The van der Waals surface area contributed by atoms with Crippen LogP contribution in [0.4, 0.5) is 0 Å². The summed E-state index contributed by atoms with van der Waals surface area (Å²) in [6.07, 6.45) is 2.75. The summed E-state index contributed by atoms with van der Waals surface area (Å²) in [4.78, 5) is 0.0757. The summed E-state index contributed by atoms with van der Waals surface area (Å²) in [6.45, 7) is 7.05. The van der Waals surface area contributed by atoms with Gasteiger partial charge in [0, 0.05) is 11.1 Å². The summed E-state index contributed by atoms with van der Waals surface area (Å²) in [5.41, 5.74) is 0.664. The van der Waals surface area contributed by atoms with E-state index in [9.17, 15) is 18.6 Å². The van der Waals surface area contributed by atoms with Crippen molar-refractivity contribution in [2.45, 2.75) is 9.79 Å². The zero-order valence-corrected chi connectivity index (χ0v) is 12.0. The minimum atomic E-state index is -3.76. The summed E-state index contributed by atoms with van der Waals surface area (Å²) in [5, 5.41) is 19.2. The van der Waals surface area contributed by atoms with Gasteiger partial charge in [-0.05, 0) is 36.4 Å². The predicted molar refractivity (Wildman–Crippen MR) is 81.8 cm³/mol. The molecule has 4 nitrogen and oxygen atoms in total. The Morgan fingerprint density at radius 1 is 0.810 bits per heavy atom. The standard InChI is InChI=1S/C16H14O4S/c1-3-11-9-13(5-7-15(11)17)21(19,20)14-6-8-16(18)12(4-2)10-14/h3-10,17-18H,1-2H2. The van der Waals surface area contributed by atoms with Crippen LogP contribution in [-0.2, 0) is 9.84 Å². The molecule has 21 heavy (non-hydrogen) atoms. The van der Waals surface area contributed by atoms with Gasteiger partial charge in [0.1, 0.15) is 11.5 Å². The van der Waals surface area contributed by atoms with Crippen molar-refractivity contribution in [1.82, 2.24) is 0 Å². The summed E-state index contributed by atoms with van der Waals surface area (Å²) in [6, 6.07) is 7.93. The molecule has 0 fully saturated rings. The lowest BCUT2D eigenvalue weighted by Crippen LogP contribution is -2.02. The lowest BCUT2D eigenvalue weighted by molar-refractivity contribution is 0.473. The third kappa shape index (κ3) is 2.68. The number of hydrogen-bond donors (Lipinski definition) is 2. The topological polar surface area (TPSA) is 74.6 Å². The van der Waals surface area contributed by atoms with Crippen molar-refractivity contribution in [1.29, 1.82) is 0 Å². The SMILES string of the molecule is C=Cc1cc(S(=O)(=O)c2ccc(O)c(C=C)c2)ccc1O. The number of benzene rings is 2. The molecule has 0 amide bonds. The number of hydrogen-bond acceptors (Lipinski definition) is 4. The van der Waals surface area contributed by atoms with Crippen LogP contribution in [0.15, 0.2) is 59.3 Å². The van der Waals surface area contributed by atoms with E-state index in [2.05, 4.69) is 13.2 Å². The summed E-state index contributed by atoms with van der Waals surface area (Å²) >= 11 is 0. The summed E-state index contributed by atoms with van der Waals surface area (Å²) in [7, 11) is -3.76. The first-order valence-electron chi connectivity index (χ1n) is 6.06. The molecule has 0 atom stereocenters. The average molecular weight is 302 g/mol. The van der Waals surface area contributed by atoms with Crippen molar-refractivity contribution in [3.63, 3.8) is 0 Å².